The third-order valence-corrected chi connectivity index (χ3v) is 5.04. The summed E-state index contributed by atoms with van der Waals surface area (Å²) < 4.78 is 0. The van der Waals surface area contributed by atoms with E-state index in [1.54, 1.807) is 17.3 Å². The molecule has 1 aliphatic rings. The van der Waals surface area contributed by atoms with Crippen LogP contribution in [0.3, 0.4) is 0 Å². The van der Waals surface area contributed by atoms with Gasteiger partial charge in [0, 0.05) is 55.4 Å². The molecule has 0 radical (unpaired) electrons. The predicted molar refractivity (Wildman–Crippen MR) is 106 cm³/mol. The first-order chi connectivity index (χ1) is 12.9. The minimum absolute atomic E-state index is 0.0200. The summed E-state index contributed by atoms with van der Waals surface area (Å²) in [5.74, 6) is 0.900. The van der Waals surface area contributed by atoms with Crippen molar-refractivity contribution >= 4 is 11.7 Å². The first-order valence-corrected chi connectivity index (χ1v) is 9.42. The summed E-state index contributed by atoms with van der Waals surface area (Å²) in [5, 5.41) is 0. The second kappa shape index (κ2) is 8.00. The van der Waals surface area contributed by atoms with E-state index in [4.69, 9.17) is 5.73 Å². The molecular formula is C20H28N6O. The SMILES string of the molecule is Cc1nc(C(=O)N(Cc2cccnc2)C(C)C)nc(N2CC[C@@H](N)C2)c1C. The fraction of sp³-hybridized carbons (Fsp3) is 0.500. The van der Waals surface area contributed by atoms with Gasteiger partial charge in [-0.15, -0.1) is 0 Å². The van der Waals surface area contributed by atoms with Crippen LogP contribution in [-0.2, 0) is 6.54 Å². The summed E-state index contributed by atoms with van der Waals surface area (Å²) in [6.45, 7) is 10.0. The molecule has 0 bridgehead atoms. The van der Waals surface area contributed by atoms with Crippen LogP contribution in [0.2, 0.25) is 0 Å². The van der Waals surface area contributed by atoms with Crippen molar-refractivity contribution in [3.8, 4) is 0 Å². The molecule has 0 aromatic carbocycles. The number of hydrogen-bond acceptors (Lipinski definition) is 6. The second-order valence-electron chi connectivity index (χ2n) is 7.46. The van der Waals surface area contributed by atoms with Crippen molar-refractivity contribution in [2.45, 2.75) is 52.7 Å². The normalized spacial score (nSPS) is 16.8. The van der Waals surface area contributed by atoms with Crippen molar-refractivity contribution in [3.05, 3.63) is 47.2 Å². The van der Waals surface area contributed by atoms with Crippen molar-refractivity contribution in [3.63, 3.8) is 0 Å². The van der Waals surface area contributed by atoms with Gasteiger partial charge in [-0.1, -0.05) is 6.07 Å². The Morgan fingerprint density at radius 2 is 2.15 bits per heavy atom. The van der Waals surface area contributed by atoms with Crippen molar-refractivity contribution < 1.29 is 4.79 Å². The molecule has 1 saturated heterocycles. The van der Waals surface area contributed by atoms with Crippen LogP contribution in [0, 0.1) is 13.8 Å². The van der Waals surface area contributed by atoms with Crippen molar-refractivity contribution in [1.82, 2.24) is 19.9 Å². The minimum Gasteiger partial charge on any atom is -0.355 e. The number of anilines is 1. The van der Waals surface area contributed by atoms with Gasteiger partial charge in [0.1, 0.15) is 5.82 Å². The molecule has 3 rings (SSSR count). The van der Waals surface area contributed by atoms with Gasteiger partial charge in [-0.3, -0.25) is 9.78 Å². The highest BCUT2D eigenvalue weighted by atomic mass is 16.2. The fourth-order valence-electron chi connectivity index (χ4n) is 3.30. The van der Waals surface area contributed by atoms with Gasteiger partial charge in [-0.2, -0.15) is 0 Å². The highest BCUT2D eigenvalue weighted by Crippen LogP contribution is 2.24. The molecule has 3 heterocycles. The standard InChI is InChI=1S/C20H28N6O/c1-13(2)26(11-16-6-5-8-22-10-16)20(27)18-23-15(4)14(3)19(24-18)25-9-7-17(21)12-25/h5-6,8,10,13,17H,7,9,11-12,21H2,1-4H3/t17-/m1/s1. The molecule has 0 aliphatic carbocycles. The Labute approximate surface area is 160 Å². The van der Waals surface area contributed by atoms with E-state index in [2.05, 4.69) is 19.9 Å². The highest BCUT2D eigenvalue weighted by Gasteiger charge is 2.27. The molecule has 0 saturated carbocycles. The van der Waals surface area contributed by atoms with E-state index < -0.39 is 0 Å². The molecule has 1 aliphatic heterocycles. The van der Waals surface area contributed by atoms with Crippen LogP contribution >= 0.6 is 0 Å². The molecule has 1 atom stereocenters. The molecule has 144 valence electrons. The molecule has 2 aromatic rings. The zero-order valence-electron chi connectivity index (χ0n) is 16.5. The van der Waals surface area contributed by atoms with Crippen LogP contribution in [0.5, 0.6) is 0 Å². The zero-order valence-corrected chi connectivity index (χ0v) is 16.5. The molecule has 2 aromatic heterocycles. The van der Waals surface area contributed by atoms with E-state index in [9.17, 15) is 4.79 Å². The lowest BCUT2D eigenvalue weighted by Crippen LogP contribution is -2.38. The maximum absolute atomic E-state index is 13.2. The lowest BCUT2D eigenvalue weighted by atomic mass is 10.2. The van der Waals surface area contributed by atoms with E-state index in [0.29, 0.717) is 6.54 Å². The van der Waals surface area contributed by atoms with E-state index in [0.717, 1.165) is 42.1 Å². The monoisotopic (exact) mass is 368 g/mol. The average Bonchev–Trinajstić information content (AvgIpc) is 3.08. The van der Waals surface area contributed by atoms with Gasteiger partial charge in [-0.25, -0.2) is 9.97 Å². The van der Waals surface area contributed by atoms with E-state index in [1.807, 2.05) is 39.8 Å². The number of nitrogens with zero attached hydrogens (tertiary/aromatic N) is 5. The van der Waals surface area contributed by atoms with E-state index in [-0.39, 0.29) is 23.8 Å². The number of aromatic nitrogens is 3. The van der Waals surface area contributed by atoms with Crippen molar-refractivity contribution in [2.75, 3.05) is 18.0 Å². The van der Waals surface area contributed by atoms with E-state index in [1.165, 1.54) is 0 Å². The molecule has 1 fully saturated rings. The van der Waals surface area contributed by atoms with Crippen LogP contribution in [0.1, 0.15) is 47.7 Å². The fourth-order valence-corrected chi connectivity index (χ4v) is 3.30. The van der Waals surface area contributed by atoms with Crippen LogP contribution in [0.4, 0.5) is 5.82 Å². The highest BCUT2D eigenvalue weighted by molar-refractivity contribution is 5.91. The number of aryl methyl sites for hydroxylation is 1. The Bertz CT molecular complexity index is 808. The molecule has 27 heavy (non-hydrogen) atoms. The maximum Gasteiger partial charge on any atom is 0.292 e. The topological polar surface area (TPSA) is 88.2 Å². The van der Waals surface area contributed by atoms with Gasteiger partial charge in [-0.05, 0) is 45.7 Å². The average molecular weight is 368 g/mol. The summed E-state index contributed by atoms with van der Waals surface area (Å²) in [4.78, 5) is 30.4. The van der Waals surface area contributed by atoms with Crippen LogP contribution < -0.4 is 10.6 Å². The molecule has 7 nitrogen and oxygen atoms in total. The summed E-state index contributed by atoms with van der Waals surface area (Å²) in [6, 6.07) is 4.01. The zero-order chi connectivity index (χ0) is 19.6. The lowest BCUT2D eigenvalue weighted by molar-refractivity contribution is 0.0677. The number of amides is 1. The Morgan fingerprint density at radius 1 is 1.37 bits per heavy atom. The summed E-state index contributed by atoms with van der Waals surface area (Å²) >= 11 is 0. The smallest absolute Gasteiger partial charge is 0.292 e. The Balaban J connectivity index is 1.91. The minimum atomic E-state index is -0.165. The third kappa shape index (κ3) is 4.24. The molecular weight excluding hydrogens is 340 g/mol. The van der Waals surface area contributed by atoms with Gasteiger partial charge in [0.25, 0.3) is 5.91 Å². The number of carbonyl (C=O) groups is 1. The van der Waals surface area contributed by atoms with Crippen LogP contribution in [0.25, 0.3) is 0 Å². The Kier molecular flexibility index (Phi) is 5.70. The quantitative estimate of drug-likeness (QED) is 0.869. The van der Waals surface area contributed by atoms with E-state index >= 15 is 0 Å². The predicted octanol–water partition coefficient (Wildman–Crippen LogP) is 2.08. The van der Waals surface area contributed by atoms with Gasteiger partial charge < -0.3 is 15.5 Å². The molecule has 2 N–H and O–H groups in total. The number of rotatable bonds is 5. The largest absolute Gasteiger partial charge is 0.355 e. The summed E-state index contributed by atoms with van der Waals surface area (Å²) in [7, 11) is 0. The molecule has 0 unspecified atom stereocenters. The Hall–Kier alpha value is -2.54. The van der Waals surface area contributed by atoms with Gasteiger partial charge in [0.15, 0.2) is 0 Å². The van der Waals surface area contributed by atoms with Gasteiger partial charge >= 0.3 is 0 Å². The van der Waals surface area contributed by atoms with Crippen LogP contribution in [0.15, 0.2) is 24.5 Å². The van der Waals surface area contributed by atoms with Crippen molar-refractivity contribution in [1.29, 1.82) is 0 Å². The Morgan fingerprint density at radius 3 is 2.74 bits per heavy atom. The van der Waals surface area contributed by atoms with Gasteiger partial charge in [0.2, 0.25) is 5.82 Å². The maximum atomic E-state index is 13.2. The number of pyridine rings is 1. The second-order valence-corrected chi connectivity index (χ2v) is 7.46. The number of nitrogens with two attached hydrogens (primary N) is 1. The van der Waals surface area contributed by atoms with Crippen molar-refractivity contribution in [2.24, 2.45) is 5.73 Å². The van der Waals surface area contributed by atoms with Gasteiger partial charge in [0.05, 0.1) is 0 Å². The number of hydrogen-bond donors (Lipinski definition) is 1. The lowest BCUT2D eigenvalue weighted by Gasteiger charge is -2.27. The summed E-state index contributed by atoms with van der Waals surface area (Å²) in [5.41, 5.74) is 8.87. The first-order valence-electron chi connectivity index (χ1n) is 9.42. The first kappa shape index (κ1) is 19.2. The molecule has 1 amide bonds. The third-order valence-electron chi connectivity index (χ3n) is 5.04. The van der Waals surface area contributed by atoms with Crippen LogP contribution in [-0.4, -0.2) is 50.9 Å². The summed E-state index contributed by atoms with van der Waals surface area (Å²) in [6.07, 6.45) is 4.44. The molecule has 0 spiro atoms. The number of carbonyl (C=O) groups excluding carboxylic acids is 1. The molecule has 7 heteroatoms.